The van der Waals surface area contributed by atoms with Gasteiger partial charge in [-0.05, 0) is 70.7 Å². The second kappa shape index (κ2) is 12.3. The molecular weight excluding hydrogens is 506 g/mol. The van der Waals surface area contributed by atoms with Crippen LogP contribution in [0.3, 0.4) is 0 Å². The van der Waals surface area contributed by atoms with Gasteiger partial charge >= 0.3 is 0 Å². The largest absolute Gasteiger partial charge is 0.393 e. The molecule has 0 radical (unpaired) electrons. The summed E-state index contributed by atoms with van der Waals surface area (Å²) >= 11 is 6.38. The predicted octanol–water partition coefficient (Wildman–Crippen LogP) is 4.09. The van der Waals surface area contributed by atoms with Gasteiger partial charge in [0, 0.05) is 23.2 Å². The molecule has 1 unspecified atom stereocenters. The molecule has 1 heterocycles. The number of guanidine groups is 1. The van der Waals surface area contributed by atoms with Crippen LogP contribution in [0, 0.1) is 5.82 Å². The van der Waals surface area contributed by atoms with Gasteiger partial charge in [0.2, 0.25) is 0 Å². The highest BCUT2D eigenvalue weighted by Crippen LogP contribution is 2.32. The number of rotatable bonds is 6. The molecular formula is C21H33ClFIN4O. The number of benzene rings is 1. The lowest BCUT2D eigenvalue weighted by molar-refractivity contribution is 0.120. The van der Waals surface area contributed by atoms with Crippen LogP contribution in [-0.4, -0.2) is 54.3 Å². The molecule has 1 saturated heterocycles. The zero-order chi connectivity index (χ0) is 19.9. The SMILES string of the molecule is CCNC(=NCC(c1c(F)cccc1Cl)N1CCCC1)NC1CCC(O)CC1.I. The fraction of sp³-hybridized carbons (Fsp3) is 0.667. The minimum absolute atomic E-state index is 0. The van der Waals surface area contributed by atoms with Crippen molar-refractivity contribution < 1.29 is 9.50 Å². The Morgan fingerprint density at radius 1 is 1.28 bits per heavy atom. The van der Waals surface area contributed by atoms with Crippen molar-refractivity contribution in [1.82, 2.24) is 15.5 Å². The van der Waals surface area contributed by atoms with Gasteiger partial charge in [-0.25, -0.2) is 4.39 Å². The lowest BCUT2D eigenvalue weighted by atomic mass is 9.93. The normalized spacial score (nSPS) is 24.1. The van der Waals surface area contributed by atoms with E-state index in [9.17, 15) is 9.50 Å². The van der Waals surface area contributed by atoms with Crippen molar-refractivity contribution in [3.8, 4) is 0 Å². The Hall–Kier alpha value is -0.640. The third-order valence-corrected chi connectivity index (χ3v) is 6.05. The summed E-state index contributed by atoms with van der Waals surface area (Å²) in [5.41, 5.74) is 0.548. The van der Waals surface area contributed by atoms with Gasteiger partial charge in [-0.15, -0.1) is 24.0 Å². The van der Waals surface area contributed by atoms with E-state index in [1.807, 2.05) is 6.92 Å². The smallest absolute Gasteiger partial charge is 0.191 e. The molecule has 0 bridgehead atoms. The maximum atomic E-state index is 14.6. The van der Waals surface area contributed by atoms with E-state index in [1.54, 1.807) is 12.1 Å². The quantitative estimate of drug-likeness (QED) is 0.290. The highest BCUT2D eigenvalue weighted by molar-refractivity contribution is 14.0. The molecule has 29 heavy (non-hydrogen) atoms. The lowest BCUT2D eigenvalue weighted by Crippen LogP contribution is -2.45. The van der Waals surface area contributed by atoms with Gasteiger partial charge in [-0.3, -0.25) is 9.89 Å². The number of likely N-dealkylation sites (tertiary alicyclic amines) is 1. The second-order valence-corrected chi connectivity index (χ2v) is 8.17. The van der Waals surface area contributed by atoms with Crippen LogP contribution in [0.2, 0.25) is 5.02 Å². The lowest BCUT2D eigenvalue weighted by Gasteiger charge is -2.29. The number of nitrogens with one attached hydrogen (secondary N) is 2. The summed E-state index contributed by atoms with van der Waals surface area (Å²) in [6.07, 6.45) is 5.56. The Labute approximate surface area is 195 Å². The first kappa shape index (κ1) is 24.6. The highest BCUT2D eigenvalue weighted by atomic mass is 127. The summed E-state index contributed by atoms with van der Waals surface area (Å²) in [5, 5.41) is 17.0. The number of hydrogen-bond donors (Lipinski definition) is 3. The van der Waals surface area contributed by atoms with Crippen LogP contribution in [0.1, 0.15) is 57.1 Å². The summed E-state index contributed by atoms with van der Waals surface area (Å²) in [6, 6.07) is 5.02. The summed E-state index contributed by atoms with van der Waals surface area (Å²) < 4.78 is 14.6. The van der Waals surface area contributed by atoms with Crippen molar-refractivity contribution in [3.05, 3.63) is 34.6 Å². The number of aliphatic imine (C=N–C) groups is 1. The van der Waals surface area contributed by atoms with Crippen LogP contribution in [0.4, 0.5) is 4.39 Å². The Bertz CT molecular complexity index is 644. The van der Waals surface area contributed by atoms with Crippen LogP contribution in [0.25, 0.3) is 0 Å². The summed E-state index contributed by atoms with van der Waals surface area (Å²) in [7, 11) is 0. The molecule has 0 spiro atoms. The molecule has 1 aromatic rings. The minimum atomic E-state index is -0.265. The molecule has 2 aliphatic rings. The molecule has 1 aromatic carbocycles. The van der Waals surface area contributed by atoms with Gasteiger partial charge in [-0.2, -0.15) is 0 Å². The van der Waals surface area contributed by atoms with Crippen LogP contribution >= 0.6 is 35.6 Å². The Balaban J connectivity index is 0.00000300. The average molecular weight is 539 g/mol. The number of aliphatic hydroxyl groups is 1. The third kappa shape index (κ3) is 6.94. The molecule has 5 nitrogen and oxygen atoms in total. The van der Waals surface area contributed by atoms with Crippen LogP contribution in [0.5, 0.6) is 0 Å². The number of nitrogens with zero attached hydrogens (tertiary/aromatic N) is 2. The van der Waals surface area contributed by atoms with Crippen molar-refractivity contribution in [2.75, 3.05) is 26.2 Å². The van der Waals surface area contributed by atoms with E-state index in [0.29, 0.717) is 23.2 Å². The van der Waals surface area contributed by atoms with Crippen LogP contribution < -0.4 is 10.6 Å². The Morgan fingerprint density at radius 3 is 2.59 bits per heavy atom. The molecule has 2 fully saturated rings. The molecule has 0 aromatic heterocycles. The van der Waals surface area contributed by atoms with Gasteiger partial charge in [0.25, 0.3) is 0 Å². The van der Waals surface area contributed by atoms with Crippen molar-refractivity contribution in [2.45, 2.75) is 63.6 Å². The van der Waals surface area contributed by atoms with Crippen molar-refractivity contribution >= 4 is 41.5 Å². The molecule has 3 N–H and O–H groups in total. The standard InChI is InChI=1S/C21H32ClFN4O.HI/c1-2-24-21(26-15-8-10-16(28)11-9-15)25-14-19(27-12-3-4-13-27)20-17(22)6-5-7-18(20)23;/h5-7,15-16,19,28H,2-4,8-14H2,1H3,(H2,24,25,26);1H. The van der Waals surface area contributed by atoms with Gasteiger partial charge in [0.05, 0.1) is 18.7 Å². The first-order valence-electron chi connectivity index (χ1n) is 10.5. The Morgan fingerprint density at radius 2 is 1.97 bits per heavy atom. The van der Waals surface area contributed by atoms with E-state index in [0.717, 1.165) is 64.1 Å². The average Bonchev–Trinajstić information content (AvgIpc) is 3.20. The highest BCUT2D eigenvalue weighted by Gasteiger charge is 2.28. The van der Waals surface area contributed by atoms with Crippen molar-refractivity contribution in [2.24, 2.45) is 4.99 Å². The molecule has 1 aliphatic heterocycles. The molecule has 1 aliphatic carbocycles. The zero-order valence-electron chi connectivity index (χ0n) is 17.0. The van der Waals surface area contributed by atoms with E-state index < -0.39 is 0 Å². The number of aliphatic hydroxyl groups excluding tert-OH is 1. The summed E-state index contributed by atoms with van der Waals surface area (Å²) in [5.74, 6) is 0.486. The van der Waals surface area contributed by atoms with Gasteiger partial charge in [-0.1, -0.05) is 17.7 Å². The monoisotopic (exact) mass is 538 g/mol. The molecule has 8 heteroatoms. The molecule has 1 saturated carbocycles. The molecule has 164 valence electrons. The number of hydrogen-bond acceptors (Lipinski definition) is 3. The van der Waals surface area contributed by atoms with E-state index in [2.05, 4.69) is 15.5 Å². The van der Waals surface area contributed by atoms with Crippen LogP contribution in [-0.2, 0) is 0 Å². The number of halogens is 3. The van der Waals surface area contributed by atoms with E-state index in [4.69, 9.17) is 16.6 Å². The molecule has 0 amide bonds. The van der Waals surface area contributed by atoms with E-state index in [1.165, 1.54) is 6.07 Å². The molecule has 1 atom stereocenters. The first-order valence-corrected chi connectivity index (χ1v) is 10.9. The van der Waals surface area contributed by atoms with Gasteiger partial charge in [0.1, 0.15) is 5.82 Å². The topological polar surface area (TPSA) is 59.9 Å². The van der Waals surface area contributed by atoms with Gasteiger partial charge in [0.15, 0.2) is 5.96 Å². The summed E-state index contributed by atoms with van der Waals surface area (Å²) in [4.78, 5) is 7.08. The van der Waals surface area contributed by atoms with Crippen LogP contribution in [0.15, 0.2) is 23.2 Å². The second-order valence-electron chi connectivity index (χ2n) is 7.76. The summed E-state index contributed by atoms with van der Waals surface area (Å²) in [6.45, 7) is 5.12. The fourth-order valence-electron chi connectivity index (χ4n) is 4.18. The van der Waals surface area contributed by atoms with Gasteiger partial charge < -0.3 is 15.7 Å². The maximum Gasteiger partial charge on any atom is 0.191 e. The van der Waals surface area contributed by atoms with E-state index >= 15 is 0 Å². The first-order chi connectivity index (χ1) is 13.6. The predicted molar refractivity (Wildman–Crippen MR) is 128 cm³/mol. The fourth-order valence-corrected chi connectivity index (χ4v) is 4.47. The van der Waals surface area contributed by atoms with Crippen molar-refractivity contribution in [1.29, 1.82) is 0 Å². The van der Waals surface area contributed by atoms with Crippen molar-refractivity contribution in [3.63, 3.8) is 0 Å². The van der Waals surface area contributed by atoms with E-state index in [-0.39, 0.29) is 41.9 Å². The third-order valence-electron chi connectivity index (χ3n) is 5.72. The Kier molecular flexibility index (Phi) is 10.4. The zero-order valence-corrected chi connectivity index (χ0v) is 20.1. The minimum Gasteiger partial charge on any atom is -0.393 e. The maximum absolute atomic E-state index is 14.6. The molecule has 3 rings (SSSR count).